The molecule has 84 valence electrons. The van der Waals surface area contributed by atoms with E-state index in [0.717, 1.165) is 32.4 Å². The molecule has 0 aliphatic carbocycles. The van der Waals surface area contributed by atoms with Crippen LogP contribution in [0.25, 0.3) is 0 Å². The van der Waals surface area contributed by atoms with Crippen molar-refractivity contribution in [1.29, 1.82) is 0 Å². The average molecular weight is 225 g/mol. The summed E-state index contributed by atoms with van der Waals surface area (Å²) >= 11 is 1.80. The van der Waals surface area contributed by atoms with Gasteiger partial charge in [0, 0.05) is 22.7 Å². The number of aliphatic hydroxyl groups is 1. The van der Waals surface area contributed by atoms with E-state index in [-0.39, 0.29) is 0 Å². The normalized spacial score (nSPS) is 27.6. The molecule has 2 N–H and O–H groups in total. The van der Waals surface area contributed by atoms with Crippen molar-refractivity contribution < 1.29 is 5.11 Å². The summed E-state index contributed by atoms with van der Waals surface area (Å²) in [5.74, 6) is 0. The third kappa shape index (κ3) is 3.03. The Bertz CT molecular complexity index is 313. The number of nitrogens with one attached hydrogen (secondary N) is 1. The van der Waals surface area contributed by atoms with Crippen LogP contribution in [0, 0.1) is 6.92 Å². The SMILES string of the molecule is Cc1ccc(CC2(O)CCCCNC2)s1. The van der Waals surface area contributed by atoms with Gasteiger partial charge in [-0.05, 0) is 44.9 Å². The average Bonchev–Trinajstić information content (AvgIpc) is 2.46. The van der Waals surface area contributed by atoms with E-state index in [1.807, 2.05) is 0 Å². The lowest BCUT2D eigenvalue weighted by molar-refractivity contribution is 0.0375. The summed E-state index contributed by atoms with van der Waals surface area (Å²) in [5.41, 5.74) is -0.520. The van der Waals surface area contributed by atoms with E-state index in [1.54, 1.807) is 11.3 Å². The van der Waals surface area contributed by atoms with Gasteiger partial charge in [0.2, 0.25) is 0 Å². The van der Waals surface area contributed by atoms with Crippen molar-refractivity contribution in [2.24, 2.45) is 0 Å². The second-order valence-corrected chi connectivity index (χ2v) is 5.92. The van der Waals surface area contributed by atoms with Gasteiger partial charge in [-0.25, -0.2) is 0 Å². The van der Waals surface area contributed by atoms with Crippen LogP contribution in [0.15, 0.2) is 12.1 Å². The van der Waals surface area contributed by atoms with E-state index in [1.165, 1.54) is 16.2 Å². The van der Waals surface area contributed by atoms with Crippen LogP contribution in [0.3, 0.4) is 0 Å². The second kappa shape index (κ2) is 4.64. The highest BCUT2D eigenvalue weighted by Gasteiger charge is 2.28. The summed E-state index contributed by atoms with van der Waals surface area (Å²) in [6.07, 6.45) is 4.05. The van der Waals surface area contributed by atoms with Gasteiger partial charge in [0.05, 0.1) is 5.60 Å². The smallest absolute Gasteiger partial charge is 0.0819 e. The van der Waals surface area contributed by atoms with Gasteiger partial charge in [-0.1, -0.05) is 0 Å². The first kappa shape index (κ1) is 11.1. The Hall–Kier alpha value is -0.380. The maximum atomic E-state index is 10.5. The fourth-order valence-corrected chi connectivity index (χ4v) is 3.20. The van der Waals surface area contributed by atoms with Crippen LogP contribution in [0.5, 0.6) is 0 Å². The maximum absolute atomic E-state index is 10.5. The molecular weight excluding hydrogens is 206 g/mol. The van der Waals surface area contributed by atoms with Gasteiger partial charge >= 0.3 is 0 Å². The number of hydrogen-bond donors (Lipinski definition) is 2. The van der Waals surface area contributed by atoms with Crippen LogP contribution in [0.1, 0.15) is 29.0 Å². The van der Waals surface area contributed by atoms with E-state index in [2.05, 4.69) is 24.4 Å². The zero-order valence-corrected chi connectivity index (χ0v) is 10.1. The molecule has 0 saturated carbocycles. The number of hydrogen-bond acceptors (Lipinski definition) is 3. The molecule has 1 atom stereocenters. The van der Waals surface area contributed by atoms with Crippen LogP contribution in [0.4, 0.5) is 0 Å². The number of rotatable bonds is 2. The lowest BCUT2D eigenvalue weighted by atomic mass is 9.93. The number of β-amino-alcohol motifs (C(OH)–C–C–N with tert-alkyl or cyclic N) is 1. The Kier molecular flexibility index (Phi) is 3.44. The minimum Gasteiger partial charge on any atom is -0.388 e. The summed E-state index contributed by atoms with van der Waals surface area (Å²) in [6, 6.07) is 4.27. The van der Waals surface area contributed by atoms with E-state index < -0.39 is 5.60 Å². The van der Waals surface area contributed by atoms with Gasteiger partial charge in [-0.3, -0.25) is 0 Å². The molecule has 1 aromatic heterocycles. The van der Waals surface area contributed by atoms with Gasteiger partial charge in [0.25, 0.3) is 0 Å². The topological polar surface area (TPSA) is 32.3 Å². The molecule has 1 aliphatic heterocycles. The Labute approximate surface area is 95.3 Å². The summed E-state index contributed by atoms with van der Waals surface area (Å²) in [6.45, 7) is 3.90. The van der Waals surface area contributed by atoms with Gasteiger partial charge in [0.1, 0.15) is 0 Å². The Morgan fingerprint density at radius 3 is 3.07 bits per heavy atom. The molecule has 2 heterocycles. The Morgan fingerprint density at radius 1 is 1.47 bits per heavy atom. The minimum atomic E-state index is -0.520. The van der Waals surface area contributed by atoms with E-state index in [0.29, 0.717) is 0 Å². The highest BCUT2D eigenvalue weighted by molar-refractivity contribution is 7.11. The molecular formula is C12H19NOS. The summed E-state index contributed by atoms with van der Waals surface area (Å²) in [7, 11) is 0. The van der Waals surface area contributed by atoms with Crippen LogP contribution in [-0.4, -0.2) is 23.8 Å². The largest absolute Gasteiger partial charge is 0.388 e. The molecule has 1 aliphatic rings. The molecule has 1 saturated heterocycles. The zero-order valence-electron chi connectivity index (χ0n) is 9.25. The quantitative estimate of drug-likeness (QED) is 0.808. The van der Waals surface area contributed by atoms with Crippen molar-refractivity contribution in [3.05, 3.63) is 21.9 Å². The molecule has 15 heavy (non-hydrogen) atoms. The first-order chi connectivity index (χ1) is 7.18. The summed E-state index contributed by atoms with van der Waals surface area (Å²) in [5, 5.41) is 13.8. The van der Waals surface area contributed by atoms with Crippen LogP contribution in [-0.2, 0) is 6.42 Å². The third-order valence-corrected chi connectivity index (χ3v) is 4.00. The van der Waals surface area contributed by atoms with Crippen molar-refractivity contribution in [2.75, 3.05) is 13.1 Å². The third-order valence-electron chi connectivity index (χ3n) is 3.00. The van der Waals surface area contributed by atoms with Crippen LogP contribution >= 0.6 is 11.3 Å². The van der Waals surface area contributed by atoms with Gasteiger partial charge < -0.3 is 10.4 Å². The van der Waals surface area contributed by atoms with Gasteiger partial charge in [-0.15, -0.1) is 11.3 Å². The molecule has 2 rings (SSSR count). The predicted octanol–water partition coefficient (Wildman–Crippen LogP) is 2.10. The van der Waals surface area contributed by atoms with Crippen molar-refractivity contribution >= 4 is 11.3 Å². The summed E-state index contributed by atoms with van der Waals surface area (Å²) in [4.78, 5) is 2.63. The standard InChI is InChI=1S/C12H19NOS/c1-10-4-5-11(15-10)8-12(14)6-2-3-7-13-9-12/h4-5,13-14H,2-3,6-9H2,1H3. The fraction of sp³-hybridized carbons (Fsp3) is 0.667. The van der Waals surface area contributed by atoms with Crippen LogP contribution in [0.2, 0.25) is 0 Å². The molecule has 3 heteroatoms. The first-order valence-electron chi connectivity index (χ1n) is 5.66. The molecule has 2 nitrogen and oxygen atoms in total. The van der Waals surface area contributed by atoms with E-state index >= 15 is 0 Å². The molecule has 1 fully saturated rings. The summed E-state index contributed by atoms with van der Waals surface area (Å²) < 4.78 is 0. The number of aryl methyl sites for hydroxylation is 1. The van der Waals surface area contributed by atoms with Gasteiger partial charge in [-0.2, -0.15) is 0 Å². The molecule has 1 aromatic rings. The zero-order chi connectivity index (χ0) is 10.7. The van der Waals surface area contributed by atoms with Crippen molar-refractivity contribution in [3.8, 4) is 0 Å². The fourth-order valence-electron chi connectivity index (χ4n) is 2.17. The van der Waals surface area contributed by atoms with Crippen LogP contribution < -0.4 is 5.32 Å². The Balaban J connectivity index is 2.02. The monoisotopic (exact) mass is 225 g/mol. The van der Waals surface area contributed by atoms with Crippen molar-refractivity contribution in [3.63, 3.8) is 0 Å². The molecule has 1 unspecified atom stereocenters. The second-order valence-electron chi connectivity index (χ2n) is 4.55. The first-order valence-corrected chi connectivity index (χ1v) is 6.48. The predicted molar refractivity (Wildman–Crippen MR) is 64.4 cm³/mol. The van der Waals surface area contributed by atoms with Crippen molar-refractivity contribution in [2.45, 2.75) is 38.2 Å². The molecule has 0 amide bonds. The van der Waals surface area contributed by atoms with Gasteiger partial charge in [0.15, 0.2) is 0 Å². The minimum absolute atomic E-state index is 0.520. The Morgan fingerprint density at radius 2 is 2.33 bits per heavy atom. The van der Waals surface area contributed by atoms with E-state index in [9.17, 15) is 5.11 Å². The van der Waals surface area contributed by atoms with Crippen molar-refractivity contribution in [1.82, 2.24) is 5.32 Å². The maximum Gasteiger partial charge on any atom is 0.0819 e. The molecule has 0 bridgehead atoms. The van der Waals surface area contributed by atoms with E-state index in [4.69, 9.17) is 0 Å². The number of thiophene rings is 1. The lowest BCUT2D eigenvalue weighted by Crippen LogP contribution is -2.40. The highest BCUT2D eigenvalue weighted by Crippen LogP contribution is 2.25. The molecule has 0 aromatic carbocycles. The highest BCUT2D eigenvalue weighted by atomic mass is 32.1. The lowest BCUT2D eigenvalue weighted by Gasteiger charge is -2.25. The molecule has 0 radical (unpaired) electrons. The molecule has 0 spiro atoms.